The van der Waals surface area contributed by atoms with Crippen molar-refractivity contribution < 1.29 is 4.79 Å². The van der Waals surface area contributed by atoms with Gasteiger partial charge in [-0.2, -0.15) is 5.26 Å². The van der Waals surface area contributed by atoms with E-state index in [0.717, 1.165) is 11.0 Å². The molecule has 108 valence electrons. The van der Waals surface area contributed by atoms with Crippen molar-refractivity contribution in [3.63, 3.8) is 0 Å². The van der Waals surface area contributed by atoms with E-state index in [1.54, 1.807) is 24.3 Å². The van der Waals surface area contributed by atoms with E-state index in [1.165, 1.54) is 11.8 Å². The Morgan fingerprint density at radius 3 is 2.67 bits per heavy atom. The molecule has 0 spiro atoms. The number of rotatable bonds is 5. The van der Waals surface area contributed by atoms with E-state index in [0.29, 0.717) is 23.4 Å². The van der Waals surface area contributed by atoms with Gasteiger partial charge in [0.05, 0.1) is 11.6 Å². The average Bonchev–Trinajstić information content (AvgIpc) is 2.80. The van der Waals surface area contributed by atoms with Crippen LogP contribution in [0.5, 0.6) is 0 Å². The van der Waals surface area contributed by atoms with Crippen LogP contribution in [0, 0.1) is 18.3 Å². The van der Waals surface area contributed by atoms with Gasteiger partial charge in [0.1, 0.15) is 5.82 Å². The molecule has 1 heterocycles. The van der Waals surface area contributed by atoms with Gasteiger partial charge in [-0.3, -0.25) is 4.79 Å². The van der Waals surface area contributed by atoms with Crippen molar-refractivity contribution in [1.82, 2.24) is 14.8 Å². The highest BCUT2D eigenvalue weighted by Crippen LogP contribution is 2.16. The van der Waals surface area contributed by atoms with E-state index in [4.69, 9.17) is 5.26 Å². The molecule has 0 saturated carbocycles. The molecule has 0 aliphatic rings. The van der Waals surface area contributed by atoms with Crippen LogP contribution in [0.25, 0.3) is 0 Å². The second kappa shape index (κ2) is 6.90. The molecule has 0 atom stereocenters. The van der Waals surface area contributed by atoms with Gasteiger partial charge in [0.15, 0.2) is 5.16 Å². The third kappa shape index (κ3) is 4.07. The predicted molar refractivity (Wildman–Crippen MR) is 80.9 cm³/mol. The predicted octanol–water partition coefficient (Wildman–Crippen LogP) is 2.12. The van der Waals surface area contributed by atoms with Gasteiger partial charge in [0, 0.05) is 24.9 Å². The molecule has 0 saturated heterocycles. The lowest BCUT2D eigenvalue weighted by molar-refractivity contribution is -0.115. The van der Waals surface area contributed by atoms with E-state index >= 15 is 0 Å². The number of thioether (sulfide) groups is 1. The van der Waals surface area contributed by atoms with Gasteiger partial charge in [-0.05, 0) is 31.2 Å². The molecule has 1 amide bonds. The number of hydrogen-bond acceptors (Lipinski definition) is 5. The first-order valence-corrected chi connectivity index (χ1v) is 7.37. The maximum absolute atomic E-state index is 11.8. The topological polar surface area (TPSA) is 83.6 Å². The van der Waals surface area contributed by atoms with E-state index < -0.39 is 0 Å². The van der Waals surface area contributed by atoms with Crippen LogP contribution in [-0.2, 0) is 11.8 Å². The number of nitriles is 1. The molecule has 6 nitrogen and oxygen atoms in total. The molecule has 0 fully saturated rings. The zero-order valence-electron chi connectivity index (χ0n) is 11.8. The Kier molecular flexibility index (Phi) is 4.95. The fourth-order valence-electron chi connectivity index (χ4n) is 1.60. The van der Waals surface area contributed by atoms with Gasteiger partial charge < -0.3 is 9.88 Å². The molecule has 1 aromatic carbocycles. The van der Waals surface area contributed by atoms with Crippen molar-refractivity contribution in [3.05, 3.63) is 35.7 Å². The number of anilines is 1. The zero-order valence-corrected chi connectivity index (χ0v) is 12.6. The van der Waals surface area contributed by atoms with Crippen molar-refractivity contribution in [2.45, 2.75) is 18.5 Å². The Labute approximate surface area is 127 Å². The van der Waals surface area contributed by atoms with E-state index in [-0.39, 0.29) is 5.91 Å². The van der Waals surface area contributed by atoms with Crippen molar-refractivity contribution >= 4 is 23.4 Å². The lowest BCUT2D eigenvalue weighted by Gasteiger charge is -2.05. The number of nitrogens with zero attached hydrogens (tertiary/aromatic N) is 4. The Bertz CT molecular complexity index is 672. The molecule has 0 unspecified atom stereocenters. The minimum atomic E-state index is -0.0638. The maximum atomic E-state index is 11.8. The van der Waals surface area contributed by atoms with Crippen molar-refractivity contribution in [2.75, 3.05) is 11.1 Å². The number of aromatic nitrogens is 3. The van der Waals surface area contributed by atoms with Gasteiger partial charge in [-0.1, -0.05) is 11.8 Å². The fraction of sp³-hybridized carbons (Fsp3) is 0.286. The minimum absolute atomic E-state index is 0.0638. The standard InChI is InChI=1S/C14H15N5OS/c1-10-17-18-14(19(10)2)21-8-7-13(20)16-12-5-3-11(9-15)4-6-12/h3-6H,7-8H2,1-2H3,(H,16,20). The summed E-state index contributed by atoms with van der Waals surface area (Å²) in [7, 11) is 1.90. The van der Waals surface area contributed by atoms with Gasteiger partial charge in [-0.25, -0.2) is 0 Å². The molecule has 2 aromatic rings. The average molecular weight is 301 g/mol. The van der Waals surface area contributed by atoms with Crippen LogP contribution in [-0.4, -0.2) is 26.4 Å². The fourth-order valence-corrected chi connectivity index (χ4v) is 2.49. The largest absolute Gasteiger partial charge is 0.326 e. The highest BCUT2D eigenvalue weighted by atomic mass is 32.2. The summed E-state index contributed by atoms with van der Waals surface area (Å²) in [4.78, 5) is 11.8. The first-order chi connectivity index (χ1) is 10.1. The number of nitrogens with one attached hydrogen (secondary N) is 1. The third-order valence-electron chi connectivity index (χ3n) is 2.91. The number of amides is 1. The Balaban J connectivity index is 1.79. The summed E-state index contributed by atoms with van der Waals surface area (Å²) in [5.41, 5.74) is 1.26. The summed E-state index contributed by atoms with van der Waals surface area (Å²) in [5.74, 6) is 1.42. The second-order valence-electron chi connectivity index (χ2n) is 4.42. The molecular weight excluding hydrogens is 286 g/mol. The van der Waals surface area contributed by atoms with Crippen LogP contribution in [0.4, 0.5) is 5.69 Å². The number of aryl methyl sites for hydroxylation is 1. The lowest BCUT2D eigenvalue weighted by Crippen LogP contribution is -2.12. The molecule has 0 bridgehead atoms. The van der Waals surface area contributed by atoms with Crippen LogP contribution in [0.15, 0.2) is 29.4 Å². The third-order valence-corrected chi connectivity index (χ3v) is 3.93. The SMILES string of the molecule is Cc1nnc(SCCC(=O)Nc2ccc(C#N)cc2)n1C. The maximum Gasteiger partial charge on any atom is 0.225 e. The van der Waals surface area contributed by atoms with Gasteiger partial charge in [0.2, 0.25) is 5.91 Å². The van der Waals surface area contributed by atoms with Crippen LogP contribution in [0.3, 0.4) is 0 Å². The molecule has 21 heavy (non-hydrogen) atoms. The number of carbonyl (C=O) groups is 1. The Morgan fingerprint density at radius 1 is 1.38 bits per heavy atom. The van der Waals surface area contributed by atoms with Gasteiger partial charge in [-0.15, -0.1) is 10.2 Å². The first kappa shape index (κ1) is 15.1. The van der Waals surface area contributed by atoms with Crippen molar-refractivity contribution in [2.24, 2.45) is 7.05 Å². The molecule has 0 aliphatic heterocycles. The van der Waals surface area contributed by atoms with Crippen LogP contribution < -0.4 is 5.32 Å². The summed E-state index contributed by atoms with van der Waals surface area (Å²) in [6, 6.07) is 8.82. The minimum Gasteiger partial charge on any atom is -0.326 e. The molecule has 1 N–H and O–H groups in total. The highest BCUT2D eigenvalue weighted by Gasteiger charge is 2.07. The smallest absolute Gasteiger partial charge is 0.225 e. The second-order valence-corrected chi connectivity index (χ2v) is 5.49. The zero-order chi connectivity index (χ0) is 15.2. The number of hydrogen-bond donors (Lipinski definition) is 1. The summed E-state index contributed by atoms with van der Waals surface area (Å²) >= 11 is 1.50. The Hall–Kier alpha value is -2.33. The van der Waals surface area contributed by atoms with Crippen molar-refractivity contribution in [1.29, 1.82) is 5.26 Å². The molecule has 1 aromatic heterocycles. The molecule has 0 aliphatic carbocycles. The van der Waals surface area contributed by atoms with Crippen LogP contribution in [0.1, 0.15) is 17.8 Å². The van der Waals surface area contributed by atoms with Crippen molar-refractivity contribution in [3.8, 4) is 6.07 Å². The highest BCUT2D eigenvalue weighted by molar-refractivity contribution is 7.99. The first-order valence-electron chi connectivity index (χ1n) is 6.39. The molecule has 2 rings (SSSR count). The van der Waals surface area contributed by atoms with Gasteiger partial charge in [0.25, 0.3) is 0 Å². The number of benzene rings is 1. The van der Waals surface area contributed by atoms with E-state index in [1.807, 2.05) is 24.6 Å². The monoisotopic (exact) mass is 301 g/mol. The lowest BCUT2D eigenvalue weighted by atomic mass is 10.2. The molecule has 7 heteroatoms. The molecular formula is C14H15N5OS. The number of carbonyl (C=O) groups excluding carboxylic acids is 1. The van der Waals surface area contributed by atoms with E-state index in [2.05, 4.69) is 15.5 Å². The summed E-state index contributed by atoms with van der Waals surface area (Å²) in [6.45, 7) is 1.88. The Morgan fingerprint density at radius 2 is 2.10 bits per heavy atom. The summed E-state index contributed by atoms with van der Waals surface area (Å²) in [6.07, 6.45) is 0.385. The summed E-state index contributed by atoms with van der Waals surface area (Å²) < 4.78 is 1.89. The van der Waals surface area contributed by atoms with Crippen LogP contribution >= 0.6 is 11.8 Å². The normalized spacial score (nSPS) is 10.1. The van der Waals surface area contributed by atoms with Gasteiger partial charge >= 0.3 is 0 Å². The quantitative estimate of drug-likeness (QED) is 0.855. The van der Waals surface area contributed by atoms with Crippen LogP contribution in [0.2, 0.25) is 0 Å². The van der Waals surface area contributed by atoms with E-state index in [9.17, 15) is 4.79 Å². The summed E-state index contributed by atoms with van der Waals surface area (Å²) in [5, 5.41) is 20.3. The molecule has 0 radical (unpaired) electrons.